The predicted molar refractivity (Wildman–Crippen MR) is 118 cm³/mol. The molecule has 0 aliphatic rings. The van der Waals surface area contributed by atoms with Crippen LogP contribution in [0, 0.1) is 6.92 Å². The van der Waals surface area contributed by atoms with Gasteiger partial charge in [-0.15, -0.1) is 0 Å². The summed E-state index contributed by atoms with van der Waals surface area (Å²) in [5.74, 6) is 2.29. The highest BCUT2D eigenvalue weighted by molar-refractivity contribution is 5.95. The summed E-state index contributed by atoms with van der Waals surface area (Å²) in [5, 5.41) is 4.27. The van der Waals surface area contributed by atoms with Crippen molar-refractivity contribution in [2.75, 3.05) is 5.32 Å². The first-order chi connectivity index (χ1) is 14.6. The van der Waals surface area contributed by atoms with Gasteiger partial charge >= 0.3 is 0 Å². The number of pyridine rings is 1. The molecular weight excluding hydrogens is 376 g/mol. The number of ether oxygens (including phenoxy) is 2. The van der Waals surface area contributed by atoms with E-state index in [1.54, 1.807) is 12.5 Å². The third-order valence-electron chi connectivity index (χ3n) is 4.53. The number of rotatable bonds is 7. The summed E-state index contributed by atoms with van der Waals surface area (Å²) in [5.41, 5.74) is 3.66. The number of aryl methyl sites for hydroxylation is 1. The first-order valence-corrected chi connectivity index (χ1v) is 9.91. The minimum atomic E-state index is 0.0569. The average molecular weight is 400 g/mol. The molecule has 152 valence electrons. The molecule has 0 fully saturated rings. The topological polar surface area (TPSA) is 69.2 Å². The molecule has 4 aromatic rings. The van der Waals surface area contributed by atoms with Gasteiger partial charge in [0.15, 0.2) is 0 Å². The summed E-state index contributed by atoms with van der Waals surface area (Å²) in [7, 11) is 0. The van der Waals surface area contributed by atoms with Gasteiger partial charge in [-0.3, -0.25) is 4.98 Å². The van der Waals surface area contributed by atoms with E-state index in [2.05, 4.69) is 20.3 Å². The first kappa shape index (κ1) is 19.6. The number of hydrogen-bond acceptors (Lipinski definition) is 6. The van der Waals surface area contributed by atoms with Gasteiger partial charge in [0.05, 0.1) is 22.7 Å². The summed E-state index contributed by atoms with van der Waals surface area (Å²) in [4.78, 5) is 13.1. The smallest absolute Gasteiger partial charge is 0.145 e. The molecule has 0 spiro atoms. The molecule has 6 nitrogen and oxygen atoms in total. The fourth-order valence-electron chi connectivity index (χ4n) is 3.19. The van der Waals surface area contributed by atoms with Crippen molar-refractivity contribution in [3.8, 4) is 11.5 Å². The number of hydrogen-bond donors (Lipinski definition) is 1. The molecule has 30 heavy (non-hydrogen) atoms. The van der Waals surface area contributed by atoms with Gasteiger partial charge in [0, 0.05) is 11.9 Å². The van der Waals surface area contributed by atoms with E-state index in [1.807, 2.05) is 75.4 Å². The van der Waals surface area contributed by atoms with Crippen LogP contribution >= 0.6 is 0 Å². The van der Waals surface area contributed by atoms with Gasteiger partial charge in [-0.1, -0.05) is 12.1 Å². The maximum Gasteiger partial charge on any atom is 0.145 e. The number of aromatic nitrogens is 3. The molecule has 0 unspecified atom stereocenters. The van der Waals surface area contributed by atoms with Crippen LogP contribution in [-0.4, -0.2) is 21.1 Å². The van der Waals surface area contributed by atoms with Crippen LogP contribution in [0.15, 0.2) is 67.1 Å². The Morgan fingerprint density at radius 1 is 0.933 bits per heavy atom. The van der Waals surface area contributed by atoms with E-state index >= 15 is 0 Å². The molecule has 2 heterocycles. The van der Waals surface area contributed by atoms with Crippen LogP contribution in [0.25, 0.3) is 10.9 Å². The Bertz CT molecular complexity index is 1140. The van der Waals surface area contributed by atoms with Gasteiger partial charge in [0.25, 0.3) is 0 Å². The van der Waals surface area contributed by atoms with Gasteiger partial charge in [-0.05, 0) is 68.8 Å². The zero-order valence-corrected chi connectivity index (χ0v) is 17.3. The second-order valence-corrected chi connectivity index (χ2v) is 7.25. The quantitative estimate of drug-likeness (QED) is 0.445. The standard InChI is InChI=1S/C24H24N4O2/c1-16(2)30-22-9-6-8-20-23(22)24(27-15-26-20)28-18-10-11-21(17(3)13-18)29-14-19-7-4-5-12-25-19/h4-13,15-16H,14H2,1-3H3,(H,26,27,28). The molecule has 0 bridgehead atoms. The highest BCUT2D eigenvalue weighted by Gasteiger charge is 2.12. The minimum absolute atomic E-state index is 0.0569. The van der Waals surface area contributed by atoms with Crippen molar-refractivity contribution in [2.24, 2.45) is 0 Å². The Labute approximate surface area is 175 Å². The van der Waals surface area contributed by atoms with E-state index in [9.17, 15) is 0 Å². The van der Waals surface area contributed by atoms with Gasteiger partial charge in [-0.2, -0.15) is 0 Å². The molecule has 4 rings (SSSR count). The van der Waals surface area contributed by atoms with E-state index < -0.39 is 0 Å². The zero-order valence-electron chi connectivity index (χ0n) is 17.3. The van der Waals surface area contributed by atoms with Gasteiger partial charge < -0.3 is 14.8 Å². The fraction of sp³-hybridized carbons (Fsp3) is 0.208. The van der Waals surface area contributed by atoms with Crippen molar-refractivity contribution >= 4 is 22.4 Å². The summed E-state index contributed by atoms with van der Waals surface area (Å²) >= 11 is 0. The maximum absolute atomic E-state index is 5.98. The molecule has 2 aromatic carbocycles. The molecule has 0 aliphatic carbocycles. The van der Waals surface area contributed by atoms with Crippen molar-refractivity contribution in [1.82, 2.24) is 15.0 Å². The monoisotopic (exact) mass is 400 g/mol. The third kappa shape index (κ3) is 4.49. The van der Waals surface area contributed by atoms with Crippen LogP contribution in [0.2, 0.25) is 0 Å². The Balaban J connectivity index is 1.57. The lowest BCUT2D eigenvalue weighted by Gasteiger charge is -2.15. The van der Waals surface area contributed by atoms with Crippen LogP contribution in [0.1, 0.15) is 25.1 Å². The van der Waals surface area contributed by atoms with Crippen LogP contribution in [0.3, 0.4) is 0 Å². The fourth-order valence-corrected chi connectivity index (χ4v) is 3.19. The molecular formula is C24H24N4O2. The predicted octanol–water partition coefficient (Wildman–Crippen LogP) is 5.44. The van der Waals surface area contributed by atoms with Crippen LogP contribution < -0.4 is 14.8 Å². The molecule has 0 radical (unpaired) electrons. The molecule has 1 N–H and O–H groups in total. The van der Waals surface area contributed by atoms with Crippen molar-refractivity contribution in [3.63, 3.8) is 0 Å². The molecule has 0 saturated carbocycles. The lowest BCUT2D eigenvalue weighted by molar-refractivity contribution is 0.245. The summed E-state index contributed by atoms with van der Waals surface area (Å²) < 4.78 is 11.9. The Morgan fingerprint density at radius 2 is 1.83 bits per heavy atom. The lowest BCUT2D eigenvalue weighted by atomic mass is 10.1. The Kier molecular flexibility index (Phi) is 5.75. The van der Waals surface area contributed by atoms with E-state index in [4.69, 9.17) is 9.47 Å². The molecule has 6 heteroatoms. The molecule has 0 saturated heterocycles. The van der Waals surface area contributed by atoms with Crippen molar-refractivity contribution in [1.29, 1.82) is 0 Å². The Morgan fingerprint density at radius 3 is 2.60 bits per heavy atom. The van der Waals surface area contributed by atoms with Gasteiger partial charge in [0.2, 0.25) is 0 Å². The number of fused-ring (bicyclic) bond motifs is 1. The highest BCUT2D eigenvalue weighted by atomic mass is 16.5. The van der Waals surface area contributed by atoms with Gasteiger partial charge in [0.1, 0.15) is 30.3 Å². The van der Waals surface area contributed by atoms with Crippen molar-refractivity contribution < 1.29 is 9.47 Å². The molecule has 2 aromatic heterocycles. The largest absolute Gasteiger partial charge is 0.490 e. The van der Waals surface area contributed by atoms with Crippen LogP contribution in [0.4, 0.5) is 11.5 Å². The third-order valence-corrected chi connectivity index (χ3v) is 4.53. The SMILES string of the molecule is Cc1cc(Nc2ncnc3cccc(OC(C)C)c23)ccc1OCc1ccccn1. The molecule has 0 amide bonds. The second-order valence-electron chi connectivity index (χ2n) is 7.25. The first-order valence-electron chi connectivity index (χ1n) is 9.91. The van der Waals surface area contributed by atoms with Crippen LogP contribution in [-0.2, 0) is 6.61 Å². The highest BCUT2D eigenvalue weighted by Crippen LogP contribution is 2.33. The van der Waals surface area contributed by atoms with Gasteiger partial charge in [-0.25, -0.2) is 9.97 Å². The van der Waals surface area contributed by atoms with E-state index in [-0.39, 0.29) is 6.10 Å². The van der Waals surface area contributed by atoms with Crippen molar-refractivity contribution in [2.45, 2.75) is 33.5 Å². The maximum atomic E-state index is 5.98. The molecule has 0 aliphatic heterocycles. The average Bonchev–Trinajstić information content (AvgIpc) is 2.74. The summed E-state index contributed by atoms with van der Waals surface area (Å²) in [6.07, 6.45) is 3.38. The molecule has 0 atom stereocenters. The van der Waals surface area contributed by atoms with Crippen LogP contribution in [0.5, 0.6) is 11.5 Å². The zero-order chi connectivity index (χ0) is 20.9. The lowest BCUT2D eigenvalue weighted by Crippen LogP contribution is -2.07. The minimum Gasteiger partial charge on any atom is -0.490 e. The van der Waals surface area contributed by atoms with E-state index in [1.165, 1.54) is 0 Å². The second kappa shape index (κ2) is 8.78. The summed E-state index contributed by atoms with van der Waals surface area (Å²) in [6, 6.07) is 17.6. The number of benzene rings is 2. The van der Waals surface area contributed by atoms with E-state index in [0.717, 1.165) is 39.3 Å². The number of nitrogens with zero attached hydrogens (tertiary/aromatic N) is 3. The van der Waals surface area contributed by atoms with Crippen molar-refractivity contribution in [3.05, 3.63) is 78.4 Å². The van der Waals surface area contributed by atoms with E-state index in [0.29, 0.717) is 12.4 Å². The summed E-state index contributed by atoms with van der Waals surface area (Å²) in [6.45, 7) is 6.46. The number of anilines is 2. The number of nitrogens with one attached hydrogen (secondary N) is 1. The normalized spacial score (nSPS) is 10.9. The Hall–Kier alpha value is -3.67.